The zero-order valence-electron chi connectivity index (χ0n) is 14.4. The van der Waals surface area contributed by atoms with Crippen molar-refractivity contribution >= 4 is 23.9 Å². The van der Waals surface area contributed by atoms with Gasteiger partial charge in [-0.15, -0.1) is 0 Å². The van der Waals surface area contributed by atoms with Gasteiger partial charge in [-0.2, -0.15) is 0 Å². The van der Waals surface area contributed by atoms with E-state index >= 15 is 0 Å². The summed E-state index contributed by atoms with van der Waals surface area (Å²) in [4.78, 5) is 38.0. The van der Waals surface area contributed by atoms with Crippen LogP contribution in [0.15, 0.2) is 48.6 Å². The van der Waals surface area contributed by atoms with Crippen LogP contribution in [-0.4, -0.2) is 23.9 Å². The maximum absolute atomic E-state index is 9.49. The van der Waals surface area contributed by atoms with Gasteiger partial charge in [0.1, 0.15) is 0 Å². The van der Waals surface area contributed by atoms with E-state index in [1.165, 1.54) is 27.7 Å². The summed E-state index contributed by atoms with van der Waals surface area (Å²) in [6, 6.07) is 0. The molecule has 25 heavy (non-hydrogen) atoms. The van der Waals surface area contributed by atoms with Crippen LogP contribution in [0.3, 0.4) is 0 Å². The predicted molar refractivity (Wildman–Crippen MR) is 79.3 cm³/mol. The van der Waals surface area contributed by atoms with Gasteiger partial charge in [0.15, 0.2) is 0 Å². The molecule has 0 unspecified atom stereocenters. The van der Waals surface area contributed by atoms with Crippen molar-refractivity contribution in [3.8, 4) is 0 Å². The van der Waals surface area contributed by atoms with Crippen molar-refractivity contribution in [2.75, 3.05) is 0 Å². The quantitative estimate of drug-likeness (QED) is 0.354. The monoisotopic (exact) mass is 532 g/mol. The van der Waals surface area contributed by atoms with Gasteiger partial charge in [-0.25, -0.2) is 0 Å². The standard InChI is InChI=1S/4C4H6O2.Os/c4*1-3(2)4(5)6;/h4*1H2,2H3,(H,5,6);/q;;;;+4/p-4. The van der Waals surface area contributed by atoms with Gasteiger partial charge in [0.25, 0.3) is 0 Å². The molecule has 9 heteroatoms. The fraction of sp³-hybridized carbons (Fsp3) is 0.250. The summed E-state index contributed by atoms with van der Waals surface area (Å²) in [5, 5.41) is 38.0. The van der Waals surface area contributed by atoms with Gasteiger partial charge in [-0.1, -0.05) is 26.3 Å². The summed E-state index contributed by atoms with van der Waals surface area (Å²) in [5.74, 6) is -4.74. The van der Waals surface area contributed by atoms with Gasteiger partial charge >= 0.3 is 19.8 Å². The van der Waals surface area contributed by atoms with Crippen LogP contribution in [0.1, 0.15) is 27.7 Å². The predicted octanol–water partition coefficient (Wildman–Crippen LogP) is -2.75. The van der Waals surface area contributed by atoms with Crippen LogP contribution in [0.2, 0.25) is 0 Å². The maximum atomic E-state index is 9.49. The number of hydrogen-bond acceptors (Lipinski definition) is 8. The average Bonchev–Trinajstić information content (AvgIpc) is 2.40. The van der Waals surface area contributed by atoms with Crippen molar-refractivity contribution in [1.29, 1.82) is 0 Å². The Balaban J connectivity index is -0.0000000702. The third-order valence-electron chi connectivity index (χ3n) is 1.39. The molecular weight excluding hydrogens is 510 g/mol. The van der Waals surface area contributed by atoms with Gasteiger partial charge in [-0.05, 0) is 50.0 Å². The van der Waals surface area contributed by atoms with Crippen molar-refractivity contribution in [3.05, 3.63) is 48.6 Å². The number of carbonyl (C=O) groups excluding carboxylic acids is 4. The summed E-state index contributed by atoms with van der Waals surface area (Å²) in [6.45, 7) is 17.9. The number of rotatable bonds is 4. The first-order chi connectivity index (χ1) is 10.6. The molecule has 0 rings (SSSR count). The minimum absolute atomic E-state index is 0. The average molecular weight is 531 g/mol. The summed E-state index contributed by atoms with van der Waals surface area (Å²) < 4.78 is 0. The van der Waals surface area contributed by atoms with Crippen LogP contribution in [0, 0.1) is 0 Å². The zero-order chi connectivity index (χ0) is 20.6. The molecular formula is C16H20O8Os. The summed E-state index contributed by atoms with van der Waals surface area (Å²) >= 11 is 0. The van der Waals surface area contributed by atoms with Crippen LogP contribution in [0.25, 0.3) is 0 Å². The fourth-order valence-electron chi connectivity index (χ4n) is 0. The molecule has 0 aliphatic heterocycles. The van der Waals surface area contributed by atoms with Crippen molar-refractivity contribution in [3.63, 3.8) is 0 Å². The van der Waals surface area contributed by atoms with E-state index in [-0.39, 0.29) is 42.1 Å². The Bertz CT molecular complexity index is 388. The molecule has 0 saturated heterocycles. The second-order valence-electron chi connectivity index (χ2n) is 4.27. The number of carboxylic acid groups (broad SMARTS) is 4. The number of hydrogen-bond donors (Lipinski definition) is 0. The summed E-state index contributed by atoms with van der Waals surface area (Å²) in [7, 11) is 0. The maximum Gasteiger partial charge on any atom is 4.00 e. The molecule has 0 amide bonds. The van der Waals surface area contributed by atoms with Crippen LogP contribution >= 0.6 is 0 Å². The molecule has 0 heterocycles. The second-order valence-corrected chi connectivity index (χ2v) is 4.27. The molecule has 0 bridgehead atoms. The molecule has 0 N–H and O–H groups in total. The normalized spacial score (nSPS) is 7.20. The molecule has 0 aliphatic carbocycles. The fourth-order valence-corrected chi connectivity index (χ4v) is 0. The molecule has 140 valence electrons. The number of carboxylic acids is 4. The molecule has 0 radical (unpaired) electrons. The van der Waals surface area contributed by atoms with E-state index in [9.17, 15) is 39.6 Å². The number of aliphatic carboxylic acids is 4. The van der Waals surface area contributed by atoms with Gasteiger partial charge in [0.05, 0.1) is 23.9 Å². The van der Waals surface area contributed by atoms with Gasteiger partial charge in [-0.3, -0.25) is 0 Å². The van der Waals surface area contributed by atoms with E-state index in [0.29, 0.717) is 0 Å². The smallest absolute Gasteiger partial charge is 0.545 e. The van der Waals surface area contributed by atoms with E-state index in [1.807, 2.05) is 0 Å². The van der Waals surface area contributed by atoms with Gasteiger partial charge < -0.3 is 39.6 Å². The van der Waals surface area contributed by atoms with E-state index in [0.717, 1.165) is 0 Å². The van der Waals surface area contributed by atoms with Crippen LogP contribution in [-0.2, 0) is 39.0 Å². The minimum atomic E-state index is -1.19. The Labute approximate surface area is 159 Å². The van der Waals surface area contributed by atoms with Crippen LogP contribution in [0.5, 0.6) is 0 Å². The topological polar surface area (TPSA) is 161 Å². The Morgan fingerprint density at radius 2 is 0.520 bits per heavy atom. The first-order valence-electron chi connectivity index (χ1n) is 6.05. The molecule has 0 saturated carbocycles. The summed E-state index contributed by atoms with van der Waals surface area (Å²) in [6.07, 6.45) is 0. The molecule has 0 spiro atoms. The van der Waals surface area contributed by atoms with E-state index in [2.05, 4.69) is 26.3 Å². The first-order valence-corrected chi connectivity index (χ1v) is 6.05. The molecule has 0 aromatic carbocycles. The first kappa shape index (κ1) is 33.9. The number of carbonyl (C=O) groups is 4. The third-order valence-corrected chi connectivity index (χ3v) is 1.39. The molecule has 0 atom stereocenters. The van der Waals surface area contributed by atoms with Crippen LogP contribution in [0.4, 0.5) is 0 Å². The van der Waals surface area contributed by atoms with Gasteiger partial charge in [0, 0.05) is 0 Å². The largest absolute Gasteiger partial charge is 4.00 e. The second kappa shape index (κ2) is 19.5. The Hall–Kier alpha value is -2.52. The Morgan fingerprint density at radius 3 is 0.520 bits per heavy atom. The van der Waals surface area contributed by atoms with E-state index < -0.39 is 23.9 Å². The van der Waals surface area contributed by atoms with Crippen molar-refractivity contribution < 1.29 is 59.4 Å². The SMILES string of the molecule is C=C(C)C(=O)[O-].C=C(C)C(=O)[O-].C=C(C)C(=O)[O-].C=C(C)C(=O)[O-].[Os+4]. The molecule has 0 aromatic heterocycles. The molecule has 0 fully saturated rings. The molecule has 0 aromatic rings. The Kier molecular flexibility index (Phi) is 26.5. The van der Waals surface area contributed by atoms with E-state index in [1.54, 1.807) is 0 Å². The van der Waals surface area contributed by atoms with Crippen LogP contribution < -0.4 is 20.4 Å². The summed E-state index contributed by atoms with van der Waals surface area (Å²) in [5.41, 5.74) is 0.259. The van der Waals surface area contributed by atoms with E-state index in [4.69, 9.17) is 0 Å². The van der Waals surface area contributed by atoms with Crippen molar-refractivity contribution in [2.45, 2.75) is 27.7 Å². The zero-order valence-corrected chi connectivity index (χ0v) is 17.0. The molecule has 0 aliphatic rings. The van der Waals surface area contributed by atoms with Gasteiger partial charge in [0.2, 0.25) is 0 Å². The Morgan fingerprint density at radius 1 is 0.480 bits per heavy atom. The van der Waals surface area contributed by atoms with Crippen molar-refractivity contribution in [2.24, 2.45) is 0 Å². The minimum Gasteiger partial charge on any atom is -0.545 e. The third kappa shape index (κ3) is 44.9. The van der Waals surface area contributed by atoms with Crippen molar-refractivity contribution in [1.82, 2.24) is 0 Å². The molecule has 8 nitrogen and oxygen atoms in total.